The first-order chi connectivity index (χ1) is 8.22. The van der Waals surface area contributed by atoms with Crippen LogP contribution < -0.4 is 5.73 Å². The van der Waals surface area contributed by atoms with Crippen LogP contribution in [0.5, 0.6) is 0 Å². The zero-order valence-electron chi connectivity index (χ0n) is 9.10. The van der Waals surface area contributed by atoms with Gasteiger partial charge >= 0.3 is 0 Å². The molecule has 0 aliphatic heterocycles. The van der Waals surface area contributed by atoms with Gasteiger partial charge in [-0.15, -0.1) is 0 Å². The largest absolute Gasteiger partial charge is 0.384 e. The van der Waals surface area contributed by atoms with Gasteiger partial charge in [0.05, 0.1) is 11.9 Å². The molecule has 2 aromatic heterocycles. The van der Waals surface area contributed by atoms with Crippen LogP contribution in [-0.4, -0.2) is 15.0 Å². The molecule has 1 fully saturated rings. The van der Waals surface area contributed by atoms with E-state index in [0.717, 1.165) is 24.9 Å². The molecule has 2 N–H and O–H groups in total. The van der Waals surface area contributed by atoms with Crippen LogP contribution in [0.2, 0.25) is 0 Å². The van der Waals surface area contributed by atoms with Gasteiger partial charge in [-0.25, -0.2) is 14.4 Å². The van der Waals surface area contributed by atoms with E-state index in [2.05, 4.69) is 15.0 Å². The van der Waals surface area contributed by atoms with Crippen LogP contribution in [-0.2, 0) is 0 Å². The Bertz CT molecular complexity index is 566. The molecule has 4 nitrogen and oxygen atoms in total. The molecule has 3 rings (SSSR count). The lowest BCUT2D eigenvalue weighted by Gasteiger charge is -2.04. The maximum atomic E-state index is 13.1. The monoisotopic (exact) mass is 230 g/mol. The second-order valence-corrected chi connectivity index (χ2v) is 4.20. The second kappa shape index (κ2) is 3.76. The van der Waals surface area contributed by atoms with Gasteiger partial charge in [0.25, 0.3) is 0 Å². The summed E-state index contributed by atoms with van der Waals surface area (Å²) in [6, 6.07) is 3.04. The van der Waals surface area contributed by atoms with Gasteiger partial charge in [-0.05, 0) is 18.9 Å². The molecule has 1 aliphatic carbocycles. The highest BCUT2D eigenvalue weighted by Crippen LogP contribution is 2.38. The molecule has 0 saturated heterocycles. The zero-order valence-corrected chi connectivity index (χ0v) is 9.10. The number of hydrogen-bond acceptors (Lipinski definition) is 4. The molecule has 2 aromatic rings. The van der Waals surface area contributed by atoms with E-state index in [1.165, 1.54) is 6.07 Å². The summed E-state index contributed by atoms with van der Waals surface area (Å²) in [6.45, 7) is 0. The lowest BCUT2D eigenvalue weighted by molar-refractivity contribution is 0.622. The third-order valence-corrected chi connectivity index (χ3v) is 2.71. The van der Waals surface area contributed by atoms with Gasteiger partial charge in [0.15, 0.2) is 0 Å². The summed E-state index contributed by atoms with van der Waals surface area (Å²) >= 11 is 0. The van der Waals surface area contributed by atoms with Crippen molar-refractivity contribution in [2.75, 3.05) is 5.73 Å². The summed E-state index contributed by atoms with van der Waals surface area (Å²) in [5.74, 6) is 1.21. The number of hydrogen-bond donors (Lipinski definition) is 1. The van der Waals surface area contributed by atoms with Gasteiger partial charge in [-0.1, -0.05) is 0 Å². The van der Waals surface area contributed by atoms with E-state index in [9.17, 15) is 4.39 Å². The number of halogens is 1. The average molecular weight is 230 g/mol. The quantitative estimate of drug-likeness (QED) is 0.858. The highest BCUT2D eigenvalue weighted by Gasteiger charge is 2.27. The molecular weight excluding hydrogens is 219 g/mol. The molecule has 5 heteroatoms. The summed E-state index contributed by atoms with van der Waals surface area (Å²) in [5.41, 5.74) is 6.99. The number of anilines is 1. The lowest BCUT2D eigenvalue weighted by atomic mass is 10.2. The topological polar surface area (TPSA) is 64.7 Å². The van der Waals surface area contributed by atoms with Crippen molar-refractivity contribution >= 4 is 5.82 Å². The first kappa shape index (κ1) is 10.1. The Morgan fingerprint density at radius 2 is 2.00 bits per heavy atom. The number of rotatable bonds is 2. The minimum Gasteiger partial charge on any atom is -0.384 e. The Kier molecular flexibility index (Phi) is 2.24. The Balaban J connectivity index is 2.07. The van der Waals surface area contributed by atoms with Crippen LogP contribution in [0, 0.1) is 5.82 Å². The van der Waals surface area contributed by atoms with Gasteiger partial charge in [0, 0.05) is 23.7 Å². The third kappa shape index (κ3) is 2.08. The number of nitrogens with two attached hydrogens (primary N) is 1. The molecule has 1 aliphatic rings. The SMILES string of the molecule is Nc1cc(-c2cncc(F)c2)nc(C2CC2)n1. The van der Waals surface area contributed by atoms with E-state index in [0.29, 0.717) is 23.0 Å². The van der Waals surface area contributed by atoms with Crippen molar-refractivity contribution in [1.29, 1.82) is 0 Å². The van der Waals surface area contributed by atoms with Gasteiger partial charge in [0.2, 0.25) is 0 Å². The van der Waals surface area contributed by atoms with Crippen LogP contribution in [0.25, 0.3) is 11.3 Å². The van der Waals surface area contributed by atoms with Crippen LogP contribution in [0.4, 0.5) is 10.2 Å². The fraction of sp³-hybridized carbons (Fsp3) is 0.250. The summed E-state index contributed by atoms with van der Waals surface area (Å²) in [5, 5.41) is 0. The van der Waals surface area contributed by atoms with Crippen molar-refractivity contribution in [3.05, 3.63) is 36.2 Å². The summed E-state index contributed by atoms with van der Waals surface area (Å²) in [7, 11) is 0. The van der Waals surface area contributed by atoms with E-state index >= 15 is 0 Å². The van der Waals surface area contributed by atoms with Crippen molar-refractivity contribution < 1.29 is 4.39 Å². The maximum absolute atomic E-state index is 13.1. The fourth-order valence-electron chi connectivity index (χ4n) is 1.71. The molecule has 0 bridgehead atoms. The van der Waals surface area contributed by atoms with E-state index in [1.54, 1.807) is 12.3 Å². The van der Waals surface area contributed by atoms with E-state index in [4.69, 9.17) is 5.73 Å². The van der Waals surface area contributed by atoms with Gasteiger partial charge in [-0.2, -0.15) is 0 Å². The third-order valence-electron chi connectivity index (χ3n) is 2.71. The predicted octanol–water partition coefficient (Wildman–Crippen LogP) is 2.14. The maximum Gasteiger partial charge on any atom is 0.142 e. The van der Waals surface area contributed by atoms with Gasteiger partial charge in [0.1, 0.15) is 17.5 Å². The van der Waals surface area contributed by atoms with Gasteiger partial charge < -0.3 is 5.73 Å². The molecule has 17 heavy (non-hydrogen) atoms. The molecule has 86 valence electrons. The van der Waals surface area contributed by atoms with Crippen LogP contribution in [0.1, 0.15) is 24.6 Å². The molecule has 0 spiro atoms. The average Bonchev–Trinajstić information content (AvgIpc) is 3.12. The summed E-state index contributed by atoms with van der Waals surface area (Å²) < 4.78 is 13.1. The number of nitrogen functional groups attached to an aromatic ring is 1. The first-order valence-corrected chi connectivity index (χ1v) is 5.48. The molecule has 0 amide bonds. The fourth-order valence-corrected chi connectivity index (χ4v) is 1.71. The predicted molar refractivity (Wildman–Crippen MR) is 61.6 cm³/mol. The highest BCUT2D eigenvalue weighted by atomic mass is 19.1. The minimum absolute atomic E-state index is 0.382. The van der Waals surface area contributed by atoms with Crippen molar-refractivity contribution in [3.63, 3.8) is 0 Å². The Labute approximate surface area is 97.7 Å². The van der Waals surface area contributed by atoms with Gasteiger partial charge in [-0.3, -0.25) is 4.98 Å². The van der Waals surface area contributed by atoms with E-state index in [-0.39, 0.29) is 5.82 Å². The summed E-state index contributed by atoms with van der Waals surface area (Å²) in [4.78, 5) is 12.4. The minimum atomic E-state index is -0.382. The van der Waals surface area contributed by atoms with Crippen molar-refractivity contribution in [1.82, 2.24) is 15.0 Å². The Morgan fingerprint density at radius 3 is 2.71 bits per heavy atom. The molecule has 0 radical (unpaired) electrons. The van der Waals surface area contributed by atoms with E-state index in [1.807, 2.05) is 0 Å². The number of aromatic nitrogens is 3. The summed E-state index contributed by atoms with van der Waals surface area (Å²) in [6.07, 6.45) is 4.94. The highest BCUT2D eigenvalue weighted by molar-refractivity contribution is 5.60. The molecule has 2 heterocycles. The molecule has 0 aromatic carbocycles. The standard InChI is InChI=1S/C12H11FN4/c13-9-3-8(5-15-6-9)10-4-11(14)17-12(16-10)7-1-2-7/h3-7H,1-2H2,(H2,14,16,17). The lowest BCUT2D eigenvalue weighted by Crippen LogP contribution is -2.00. The van der Waals surface area contributed by atoms with Crippen LogP contribution >= 0.6 is 0 Å². The molecular formula is C12H11FN4. The second-order valence-electron chi connectivity index (χ2n) is 4.20. The Hall–Kier alpha value is -2.04. The van der Waals surface area contributed by atoms with E-state index < -0.39 is 0 Å². The van der Waals surface area contributed by atoms with Crippen molar-refractivity contribution in [2.45, 2.75) is 18.8 Å². The first-order valence-electron chi connectivity index (χ1n) is 5.48. The van der Waals surface area contributed by atoms with Crippen molar-refractivity contribution in [2.24, 2.45) is 0 Å². The molecule has 0 unspecified atom stereocenters. The number of nitrogens with zero attached hydrogens (tertiary/aromatic N) is 3. The molecule has 0 atom stereocenters. The normalized spacial score (nSPS) is 14.9. The Morgan fingerprint density at radius 1 is 1.18 bits per heavy atom. The van der Waals surface area contributed by atoms with Crippen molar-refractivity contribution in [3.8, 4) is 11.3 Å². The number of pyridine rings is 1. The van der Waals surface area contributed by atoms with Crippen LogP contribution in [0.15, 0.2) is 24.5 Å². The van der Waals surface area contributed by atoms with Crippen LogP contribution in [0.3, 0.4) is 0 Å². The zero-order chi connectivity index (χ0) is 11.8. The molecule has 1 saturated carbocycles. The smallest absolute Gasteiger partial charge is 0.142 e.